The lowest BCUT2D eigenvalue weighted by molar-refractivity contribution is 0.213. The summed E-state index contributed by atoms with van der Waals surface area (Å²) < 4.78 is 0. The van der Waals surface area contributed by atoms with Crippen molar-refractivity contribution < 1.29 is 0 Å². The van der Waals surface area contributed by atoms with Crippen LogP contribution in [0.4, 0.5) is 0 Å². The van der Waals surface area contributed by atoms with Crippen LogP contribution in [-0.4, -0.2) is 36.6 Å². The van der Waals surface area contributed by atoms with Gasteiger partial charge in [-0.2, -0.15) is 5.26 Å². The average molecular weight is 239 g/mol. The highest BCUT2D eigenvalue weighted by Crippen LogP contribution is 2.25. The lowest BCUT2D eigenvalue weighted by atomic mass is 9.78. The van der Waals surface area contributed by atoms with E-state index in [9.17, 15) is 5.26 Å². The van der Waals surface area contributed by atoms with Crippen LogP contribution in [0.15, 0.2) is 0 Å². The Bertz CT molecular complexity index is 228. The molecular weight excluding hydrogens is 210 g/mol. The number of likely N-dealkylation sites (N-methyl/N-ethyl adjacent to an activating group) is 1. The molecule has 0 aliphatic carbocycles. The van der Waals surface area contributed by atoms with E-state index in [-0.39, 0.29) is 0 Å². The Kier molecular flexibility index (Phi) is 7.41. The molecule has 0 unspecified atom stereocenters. The average Bonchev–Trinajstić information content (AvgIpc) is 2.29. The third-order valence-corrected chi connectivity index (χ3v) is 3.75. The van der Waals surface area contributed by atoms with Crippen molar-refractivity contribution in [3.8, 4) is 6.07 Å². The molecule has 0 saturated carbocycles. The summed E-state index contributed by atoms with van der Waals surface area (Å²) in [5, 5.41) is 12.9. The van der Waals surface area contributed by atoms with Gasteiger partial charge in [-0.25, -0.2) is 0 Å². The molecule has 0 spiro atoms. The SMILES string of the molecule is CCN(CC)CCNC(C#N)(C(C)C)C(C)C. The van der Waals surface area contributed by atoms with E-state index in [1.807, 2.05) is 0 Å². The van der Waals surface area contributed by atoms with Gasteiger partial charge in [0.2, 0.25) is 0 Å². The summed E-state index contributed by atoms with van der Waals surface area (Å²) >= 11 is 0. The molecule has 0 fully saturated rings. The zero-order valence-electron chi connectivity index (χ0n) is 12.4. The fourth-order valence-electron chi connectivity index (χ4n) is 2.33. The van der Waals surface area contributed by atoms with Crippen LogP contribution in [0.25, 0.3) is 0 Å². The van der Waals surface area contributed by atoms with E-state index in [1.165, 1.54) is 0 Å². The van der Waals surface area contributed by atoms with Crippen molar-refractivity contribution in [3.05, 3.63) is 0 Å². The predicted octanol–water partition coefficient (Wildman–Crippen LogP) is 2.49. The molecule has 17 heavy (non-hydrogen) atoms. The van der Waals surface area contributed by atoms with Crippen LogP contribution in [0.2, 0.25) is 0 Å². The van der Waals surface area contributed by atoms with E-state index >= 15 is 0 Å². The van der Waals surface area contributed by atoms with Crippen LogP contribution in [0.3, 0.4) is 0 Å². The van der Waals surface area contributed by atoms with E-state index in [4.69, 9.17) is 0 Å². The molecule has 0 bridgehead atoms. The fraction of sp³-hybridized carbons (Fsp3) is 0.929. The largest absolute Gasteiger partial charge is 0.303 e. The topological polar surface area (TPSA) is 39.1 Å². The van der Waals surface area contributed by atoms with Crippen molar-refractivity contribution in [2.45, 2.75) is 47.1 Å². The molecule has 3 heteroatoms. The van der Waals surface area contributed by atoms with Crippen molar-refractivity contribution in [1.82, 2.24) is 10.2 Å². The van der Waals surface area contributed by atoms with Crippen molar-refractivity contribution in [3.63, 3.8) is 0 Å². The van der Waals surface area contributed by atoms with Crippen LogP contribution in [-0.2, 0) is 0 Å². The molecular formula is C14H29N3. The van der Waals surface area contributed by atoms with Gasteiger partial charge in [-0.3, -0.25) is 5.32 Å². The molecule has 1 N–H and O–H groups in total. The highest BCUT2D eigenvalue weighted by atomic mass is 15.1. The van der Waals surface area contributed by atoms with Crippen LogP contribution in [0.5, 0.6) is 0 Å². The second-order valence-electron chi connectivity index (χ2n) is 5.24. The number of nitriles is 1. The Labute approximate surface area is 107 Å². The van der Waals surface area contributed by atoms with Crippen LogP contribution in [0.1, 0.15) is 41.5 Å². The van der Waals surface area contributed by atoms with Crippen molar-refractivity contribution in [2.75, 3.05) is 26.2 Å². The standard InChI is InChI=1S/C14H29N3/c1-7-17(8-2)10-9-16-14(11-15,12(3)4)13(5)6/h12-13,16H,7-10H2,1-6H3. The molecule has 0 radical (unpaired) electrons. The van der Waals surface area contributed by atoms with Gasteiger partial charge in [-0.1, -0.05) is 41.5 Å². The maximum atomic E-state index is 9.47. The van der Waals surface area contributed by atoms with E-state index in [1.54, 1.807) is 0 Å². The van der Waals surface area contributed by atoms with Gasteiger partial charge in [0.25, 0.3) is 0 Å². The maximum absolute atomic E-state index is 9.47. The zero-order chi connectivity index (χ0) is 13.5. The minimum atomic E-state index is -0.396. The summed E-state index contributed by atoms with van der Waals surface area (Å²) in [6, 6.07) is 2.49. The van der Waals surface area contributed by atoms with Crippen LogP contribution >= 0.6 is 0 Å². The molecule has 0 aromatic heterocycles. The maximum Gasteiger partial charge on any atom is 0.111 e. The minimum Gasteiger partial charge on any atom is -0.303 e. The summed E-state index contributed by atoms with van der Waals surface area (Å²) in [4.78, 5) is 2.37. The number of nitrogens with zero attached hydrogens (tertiary/aromatic N) is 2. The molecule has 0 rings (SSSR count). The summed E-state index contributed by atoms with van der Waals surface area (Å²) in [6.07, 6.45) is 0. The second kappa shape index (κ2) is 7.68. The van der Waals surface area contributed by atoms with Crippen LogP contribution < -0.4 is 5.32 Å². The molecule has 0 heterocycles. The Hall–Kier alpha value is -0.590. The summed E-state index contributed by atoms with van der Waals surface area (Å²) in [5.74, 6) is 0.647. The van der Waals surface area contributed by atoms with E-state index < -0.39 is 5.54 Å². The van der Waals surface area contributed by atoms with Gasteiger partial charge in [0, 0.05) is 13.1 Å². The van der Waals surface area contributed by atoms with Gasteiger partial charge in [0.1, 0.15) is 5.54 Å². The highest BCUT2D eigenvalue weighted by molar-refractivity contribution is 5.11. The highest BCUT2D eigenvalue weighted by Gasteiger charge is 2.36. The normalized spacial score (nSPS) is 12.5. The first kappa shape index (κ1) is 16.4. The molecule has 0 aliphatic heterocycles. The number of nitrogens with one attached hydrogen (secondary N) is 1. The molecule has 0 saturated heterocycles. The van der Waals surface area contributed by atoms with Crippen molar-refractivity contribution in [1.29, 1.82) is 5.26 Å². The van der Waals surface area contributed by atoms with E-state index in [0.717, 1.165) is 26.2 Å². The Morgan fingerprint density at radius 3 is 1.88 bits per heavy atom. The monoisotopic (exact) mass is 239 g/mol. The van der Waals surface area contributed by atoms with Gasteiger partial charge < -0.3 is 4.90 Å². The van der Waals surface area contributed by atoms with Gasteiger partial charge >= 0.3 is 0 Å². The lowest BCUT2D eigenvalue weighted by Gasteiger charge is -2.36. The summed E-state index contributed by atoms with van der Waals surface area (Å²) in [7, 11) is 0. The quantitative estimate of drug-likeness (QED) is 0.707. The van der Waals surface area contributed by atoms with Crippen molar-refractivity contribution >= 4 is 0 Å². The zero-order valence-corrected chi connectivity index (χ0v) is 12.4. The van der Waals surface area contributed by atoms with E-state index in [0.29, 0.717) is 11.8 Å². The van der Waals surface area contributed by atoms with Gasteiger partial charge in [0.15, 0.2) is 0 Å². The molecule has 0 amide bonds. The fourth-order valence-corrected chi connectivity index (χ4v) is 2.33. The number of hydrogen-bond donors (Lipinski definition) is 1. The minimum absolute atomic E-state index is 0.323. The second-order valence-corrected chi connectivity index (χ2v) is 5.24. The predicted molar refractivity (Wildman–Crippen MR) is 73.8 cm³/mol. The Balaban J connectivity index is 4.43. The Morgan fingerprint density at radius 2 is 1.59 bits per heavy atom. The van der Waals surface area contributed by atoms with Gasteiger partial charge in [-0.05, 0) is 24.9 Å². The molecule has 3 nitrogen and oxygen atoms in total. The molecule has 0 aliphatic rings. The first-order chi connectivity index (χ1) is 7.94. The van der Waals surface area contributed by atoms with E-state index in [2.05, 4.69) is 57.8 Å². The first-order valence-corrected chi connectivity index (χ1v) is 6.83. The molecule has 100 valence electrons. The molecule has 0 aromatic rings. The Morgan fingerprint density at radius 1 is 1.12 bits per heavy atom. The first-order valence-electron chi connectivity index (χ1n) is 6.83. The third kappa shape index (κ3) is 4.29. The van der Waals surface area contributed by atoms with Crippen LogP contribution in [0, 0.1) is 23.2 Å². The van der Waals surface area contributed by atoms with Gasteiger partial charge in [0.05, 0.1) is 6.07 Å². The molecule has 0 aromatic carbocycles. The van der Waals surface area contributed by atoms with Gasteiger partial charge in [-0.15, -0.1) is 0 Å². The third-order valence-electron chi connectivity index (χ3n) is 3.75. The van der Waals surface area contributed by atoms with Crippen molar-refractivity contribution in [2.24, 2.45) is 11.8 Å². The summed E-state index contributed by atoms with van der Waals surface area (Å²) in [5.41, 5.74) is -0.396. The lowest BCUT2D eigenvalue weighted by Crippen LogP contribution is -2.54. The summed E-state index contributed by atoms with van der Waals surface area (Å²) in [6.45, 7) is 16.9. The smallest absolute Gasteiger partial charge is 0.111 e. The number of rotatable bonds is 8. The molecule has 0 atom stereocenters. The number of hydrogen-bond acceptors (Lipinski definition) is 3.